The molecule has 11 heteroatoms. The fourth-order valence-corrected chi connectivity index (χ4v) is 3.51. The number of halogens is 3. The van der Waals surface area contributed by atoms with E-state index in [-0.39, 0.29) is 24.3 Å². The highest BCUT2D eigenvalue weighted by atomic mass is 19.4. The van der Waals surface area contributed by atoms with Gasteiger partial charge < -0.3 is 16.0 Å². The summed E-state index contributed by atoms with van der Waals surface area (Å²) in [5, 5.41) is 9.58. The molecule has 0 saturated carbocycles. The van der Waals surface area contributed by atoms with E-state index in [1.807, 2.05) is 0 Å². The van der Waals surface area contributed by atoms with Crippen molar-refractivity contribution in [1.82, 2.24) is 10.2 Å². The molecular formula is C20H16F3N5O3. The molecule has 0 aliphatic carbocycles. The van der Waals surface area contributed by atoms with Crippen LogP contribution < -0.4 is 16.0 Å². The van der Waals surface area contributed by atoms with Crippen LogP contribution in [-0.4, -0.2) is 34.5 Å². The topological polar surface area (TPSA) is 121 Å². The van der Waals surface area contributed by atoms with Gasteiger partial charge in [0.15, 0.2) is 5.69 Å². The number of aromatic nitrogens is 2. The van der Waals surface area contributed by atoms with Crippen molar-refractivity contribution in [3.8, 4) is 0 Å². The standard InChI is InChI=1S/C20H16F3N5O3/c21-20(22,23)11-2-1-3-13(7-11)28-9-10(6-16(28)29)19(31)25-12-4-5-15-14(8-12)17(18(24)30)27-26-15/h1-5,7-8,10H,6,9H2,(H2,24,30)(H,25,31)(H,26,27). The number of carbonyl (C=O) groups excluding carboxylic acids is 3. The van der Waals surface area contributed by atoms with Crippen molar-refractivity contribution >= 4 is 40.0 Å². The van der Waals surface area contributed by atoms with Gasteiger partial charge in [-0.2, -0.15) is 18.3 Å². The second-order valence-electron chi connectivity index (χ2n) is 7.14. The van der Waals surface area contributed by atoms with Crippen molar-refractivity contribution in [3.05, 3.63) is 53.7 Å². The first-order valence-electron chi connectivity index (χ1n) is 9.20. The van der Waals surface area contributed by atoms with Gasteiger partial charge in [-0.15, -0.1) is 0 Å². The molecule has 1 fully saturated rings. The highest BCUT2D eigenvalue weighted by Crippen LogP contribution is 2.33. The number of nitrogens with zero attached hydrogens (tertiary/aromatic N) is 2. The summed E-state index contributed by atoms with van der Waals surface area (Å²) in [6.45, 7) is -0.0491. The predicted molar refractivity (Wildman–Crippen MR) is 105 cm³/mol. The molecule has 1 unspecified atom stereocenters. The van der Waals surface area contributed by atoms with Gasteiger partial charge in [0.1, 0.15) is 0 Å². The molecule has 2 heterocycles. The number of nitrogens with two attached hydrogens (primary N) is 1. The molecule has 0 radical (unpaired) electrons. The van der Waals surface area contributed by atoms with Gasteiger partial charge in [0.05, 0.1) is 17.0 Å². The molecule has 1 aromatic heterocycles. The van der Waals surface area contributed by atoms with Crippen LogP contribution in [0.4, 0.5) is 24.5 Å². The highest BCUT2D eigenvalue weighted by Gasteiger charge is 2.37. The molecule has 4 N–H and O–H groups in total. The normalized spacial score (nSPS) is 16.7. The molecule has 3 aromatic rings. The Kier molecular flexibility index (Phi) is 4.88. The number of carbonyl (C=O) groups is 3. The van der Waals surface area contributed by atoms with Crippen LogP contribution in [0, 0.1) is 5.92 Å². The fraction of sp³-hybridized carbons (Fsp3) is 0.200. The summed E-state index contributed by atoms with van der Waals surface area (Å²) < 4.78 is 38.9. The molecule has 8 nitrogen and oxygen atoms in total. The SMILES string of the molecule is NC(=O)c1n[nH]c2ccc(NC(=O)C3CC(=O)N(c4cccc(C(F)(F)F)c4)C3)cc12. The Balaban J connectivity index is 1.51. The lowest BCUT2D eigenvalue weighted by atomic mass is 10.1. The number of hydrogen-bond donors (Lipinski definition) is 3. The third kappa shape index (κ3) is 3.93. The smallest absolute Gasteiger partial charge is 0.364 e. The largest absolute Gasteiger partial charge is 0.416 e. The van der Waals surface area contributed by atoms with E-state index in [1.54, 1.807) is 12.1 Å². The van der Waals surface area contributed by atoms with Gasteiger partial charge >= 0.3 is 6.18 Å². The Morgan fingerprint density at radius 3 is 2.68 bits per heavy atom. The van der Waals surface area contributed by atoms with E-state index in [1.165, 1.54) is 23.1 Å². The van der Waals surface area contributed by atoms with E-state index in [2.05, 4.69) is 15.5 Å². The number of primary amides is 1. The number of aromatic amines is 1. The second-order valence-corrected chi connectivity index (χ2v) is 7.14. The molecule has 1 aliphatic heterocycles. The number of amides is 3. The predicted octanol–water partition coefficient (Wildman–Crippen LogP) is 2.67. The molecule has 160 valence electrons. The minimum atomic E-state index is -4.54. The van der Waals surface area contributed by atoms with Crippen LogP contribution in [0.25, 0.3) is 10.9 Å². The van der Waals surface area contributed by atoms with E-state index in [0.29, 0.717) is 16.6 Å². The Bertz CT molecular complexity index is 1200. The Morgan fingerprint density at radius 1 is 1.19 bits per heavy atom. The third-order valence-electron chi connectivity index (χ3n) is 5.04. The van der Waals surface area contributed by atoms with Crippen molar-refractivity contribution in [3.63, 3.8) is 0 Å². The zero-order chi connectivity index (χ0) is 22.3. The Morgan fingerprint density at radius 2 is 1.97 bits per heavy atom. The second kappa shape index (κ2) is 7.42. The van der Waals surface area contributed by atoms with Gasteiger partial charge in [-0.3, -0.25) is 19.5 Å². The molecule has 4 rings (SSSR count). The number of hydrogen-bond acceptors (Lipinski definition) is 4. The summed E-state index contributed by atoms with van der Waals surface area (Å²) in [6.07, 6.45) is -4.67. The quantitative estimate of drug-likeness (QED) is 0.588. The lowest BCUT2D eigenvalue weighted by Gasteiger charge is -2.18. The first-order chi connectivity index (χ1) is 14.6. The summed E-state index contributed by atoms with van der Waals surface area (Å²) in [5.74, 6) is -2.39. The minimum Gasteiger partial charge on any atom is -0.364 e. The lowest BCUT2D eigenvalue weighted by molar-refractivity contribution is -0.137. The molecule has 3 amide bonds. The Labute approximate surface area is 173 Å². The van der Waals surface area contributed by atoms with Crippen LogP contribution in [-0.2, 0) is 15.8 Å². The number of H-pyrrole nitrogens is 1. The number of fused-ring (bicyclic) bond motifs is 1. The fourth-order valence-electron chi connectivity index (χ4n) is 3.51. The maximum atomic E-state index is 13.0. The van der Waals surface area contributed by atoms with Crippen LogP contribution in [0.3, 0.4) is 0 Å². The summed E-state index contributed by atoms with van der Waals surface area (Å²) >= 11 is 0. The average Bonchev–Trinajstić information content (AvgIpc) is 3.31. The number of nitrogens with one attached hydrogen (secondary N) is 2. The summed E-state index contributed by atoms with van der Waals surface area (Å²) in [6, 6.07) is 9.14. The van der Waals surface area contributed by atoms with Crippen molar-refractivity contribution in [2.75, 3.05) is 16.8 Å². The minimum absolute atomic E-state index is 0.0258. The van der Waals surface area contributed by atoms with Crippen molar-refractivity contribution in [2.45, 2.75) is 12.6 Å². The van der Waals surface area contributed by atoms with Crippen LogP contribution in [0.1, 0.15) is 22.5 Å². The van der Waals surface area contributed by atoms with Crippen LogP contribution in [0.5, 0.6) is 0 Å². The van der Waals surface area contributed by atoms with Gasteiger partial charge in [0, 0.05) is 29.7 Å². The molecule has 2 aromatic carbocycles. The number of anilines is 2. The molecule has 0 spiro atoms. The van der Waals surface area contributed by atoms with Crippen molar-refractivity contribution in [2.24, 2.45) is 11.7 Å². The van der Waals surface area contributed by atoms with E-state index in [4.69, 9.17) is 5.73 Å². The third-order valence-corrected chi connectivity index (χ3v) is 5.04. The maximum absolute atomic E-state index is 13.0. The lowest BCUT2D eigenvalue weighted by Crippen LogP contribution is -2.28. The zero-order valence-corrected chi connectivity index (χ0v) is 15.9. The summed E-state index contributed by atoms with van der Waals surface area (Å²) in [7, 11) is 0. The average molecular weight is 431 g/mol. The zero-order valence-electron chi connectivity index (χ0n) is 15.9. The monoisotopic (exact) mass is 431 g/mol. The van der Waals surface area contributed by atoms with E-state index in [0.717, 1.165) is 12.1 Å². The van der Waals surface area contributed by atoms with E-state index in [9.17, 15) is 27.6 Å². The van der Waals surface area contributed by atoms with Gasteiger partial charge in [-0.25, -0.2) is 0 Å². The molecule has 0 bridgehead atoms. The highest BCUT2D eigenvalue weighted by molar-refractivity contribution is 6.07. The molecule has 1 atom stereocenters. The van der Waals surface area contributed by atoms with E-state index < -0.39 is 35.4 Å². The van der Waals surface area contributed by atoms with Gasteiger partial charge in [0.2, 0.25) is 11.8 Å². The van der Waals surface area contributed by atoms with Crippen molar-refractivity contribution in [1.29, 1.82) is 0 Å². The van der Waals surface area contributed by atoms with Crippen LogP contribution in [0.2, 0.25) is 0 Å². The molecular weight excluding hydrogens is 415 g/mol. The number of benzene rings is 2. The maximum Gasteiger partial charge on any atom is 0.416 e. The molecule has 31 heavy (non-hydrogen) atoms. The van der Waals surface area contributed by atoms with Gasteiger partial charge in [-0.1, -0.05) is 6.07 Å². The number of alkyl halides is 3. The van der Waals surface area contributed by atoms with Crippen LogP contribution >= 0.6 is 0 Å². The first-order valence-corrected chi connectivity index (χ1v) is 9.20. The molecule has 1 aliphatic rings. The van der Waals surface area contributed by atoms with Gasteiger partial charge in [-0.05, 0) is 36.4 Å². The van der Waals surface area contributed by atoms with Crippen molar-refractivity contribution < 1.29 is 27.6 Å². The number of rotatable bonds is 4. The summed E-state index contributed by atoms with van der Waals surface area (Å²) in [4.78, 5) is 37.7. The van der Waals surface area contributed by atoms with E-state index >= 15 is 0 Å². The van der Waals surface area contributed by atoms with Gasteiger partial charge in [0.25, 0.3) is 5.91 Å². The first kappa shape index (κ1) is 20.4. The summed E-state index contributed by atoms with van der Waals surface area (Å²) in [5.41, 5.74) is 5.44. The van der Waals surface area contributed by atoms with Crippen LogP contribution in [0.15, 0.2) is 42.5 Å². The molecule has 1 saturated heterocycles. The Hall–Kier alpha value is -3.89.